The van der Waals surface area contributed by atoms with Crippen molar-refractivity contribution in [2.45, 2.75) is 19.4 Å². The minimum Gasteiger partial charge on any atom is -0.384 e. The van der Waals surface area contributed by atoms with Gasteiger partial charge in [0.05, 0.1) is 0 Å². The van der Waals surface area contributed by atoms with E-state index < -0.39 is 6.10 Å². The summed E-state index contributed by atoms with van der Waals surface area (Å²) in [6.07, 6.45) is 0.275. The molecule has 2 aromatic rings. The third-order valence-corrected chi connectivity index (χ3v) is 3.09. The smallest absolute Gasteiger partial charge is 0.104 e. The summed E-state index contributed by atoms with van der Waals surface area (Å²) in [5.41, 5.74) is 9.76. The van der Waals surface area contributed by atoms with Gasteiger partial charge in [-0.2, -0.15) is 0 Å². The van der Waals surface area contributed by atoms with Crippen LogP contribution in [0, 0.1) is 6.92 Å². The maximum atomic E-state index is 10.3. The van der Waals surface area contributed by atoms with Crippen molar-refractivity contribution in [1.29, 1.82) is 0 Å². The first-order chi connectivity index (χ1) is 8.70. The van der Waals surface area contributed by atoms with Crippen molar-refractivity contribution in [2.75, 3.05) is 6.54 Å². The molecule has 1 unspecified atom stereocenters. The third kappa shape index (κ3) is 2.97. The van der Waals surface area contributed by atoms with Gasteiger partial charge in [0.25, 0.3) is 0 Å². The molecule has 0 radical (unpaired) electrons. The van der Waals surface area contributed by atoms with Crippen molar-refractivity contribution in [3.63, 3.8) is 0 Å². The Morgan fingerprint density at radius 1 is 1.06 bits per heavy atom. The molecule has 0 bridgehead atoms. The Morgan fingerprint density at radius 2 is 1.78 bits per heavy atom. The van der Waals surface area contributed by atoms with E-state index in [1.165, 1.54) is 11.1 Å². The normalized spacial score (nSPS) is 12.4. The van der Waals surface area contributed by atoms with Crippen molar-refractivity contribution in [2.24, 2.45) is 5.73 Å². The fourth-order valence-electron chi connectivity index (χ4n) is 2.03. The van der Waals surface area contributed by atoms with Crippen molar-refractivity contribution in [1.82, 2.24) is 0 Å². The number of nitrogens with two attached hydrogens (primary N) is 1. The molecule has 18 heavy (non-hydrogen) atoms. The van der Waals surface area contributed by atoms with Gasteiger partial charge in [0.1, 0.15) is 6.10 Å². The fraction of sp³-hybridized carbons (Fsp3) is 0.250. The average Bonchev–Trinajstić information content (AvgIpc) is 2.39. The van der Waals surface area contributed by atoms with E-state index in [0.717, 1.165) is 17.5 Å². The molecule has 0 aliphatic carbocycles. The number of aliphatic hydroxyl groups is 1. The van der Waals surface area contributed by atoms with Gasteiger partial charge in [0.2, 0.25) is 0 Å². The molecule has 2 nitrogen and oxygen atoms in total. The molecule has 0 amide bonds. The van der Waals surface area contributed by atoms with Gasteiger partial charge in [-0.3, -0.25) is 0 Å². The fourth-order valence-corrected chi connectivity index (χ4v) is 2.03. The minimum absolute atomic E-state index is 0.566. The Hall–Kier alpha value is -1.64. The molecule has 0 fully saturated rings. The van der Waals surface area contributed by atoms with Crippen LogP contribution in [0.3, 0.4) is 0 Å². The summed E-state index contributed by atoms with van der Waals surface area (Å²) in [4.78, 5) is 0. The van der Waals surface area contributed by atoms with Crippen LogP contribution in [-0.4, -0.2) is 11.7 Å². The van der Waals surface area contributed by atoms with Crippen molar-refractivity contribution in [3.8, 4) is 0 Å². The number of aryl methyl sites for hydroxylation is 1. The first-order valence-electron chi connectivity index (χ1n) is 6.24. The van der Waals surface area contributed by atoms with Gasteiger partial charge in [0.15, 0.2) is 0 Å². The summed E-state index contributed by atoms with van der Waals surface area (Å²) in [6, 6.07) is 16.0. The summed E-state index contributed by atoms with van der Waals surface area (Å²) in [5, 5.41) is 10.3. The van der Waals surface area contributed by atoms with Crippen LogP contribution < -0.4 is 5.73 Å². The molecule has 0 aliphatic rings. The van der Waals surface area contributed by atoms with E-state index in [4.69, 9.17) is 5.73 Å². The molecule has 0 saturated carbocycles. The van der Waals surface area contributed by atoms with Crippen LogP contribution in [0.15, 0.2) is 48.5 Å². The molecule has 0 aliphatic heterocycles. The molecular formula is C16H19NO. The zero-order valence-corrected chi connectivity index (χ0v) is 10.6. The second kappa shape index (κ2) is 5.80. The lowest BCUT2D eigenvalue weighted by Gasteiger charge is -2.13. The first kappa shape index (κ1) is 12.8. The second-order valence-electron chi connectivity index (χ2n) is 4.60. The van der Waals surface area contributed by atoms with Gasteiger partial charge in [-0.15, -0.1) is 0 Å². The summed E-state index contributed by atoms with van der Waals surface area (Å²) < 4.78 is 0. The van der Waals surface area contributed by atoms with Gasteiger partial charge in [0, 0.05) is 0 Å². The Morgan fingerprint density at radius 3 is 2.44 bits per heavy atom. The maximum absolute atomic E-state index is 10.3. The number of hydrogen-bond acceptors (Lipinski definition) is 2. The van der Waals surface area contributed by atoms with E-state index in [0.29, 0.717) is 6.54 Å². The molecule has 0 heterocycles. The van der Waals surface area contributed by atoms with Crippen LogP contribution >= 0.6 is 0 Å². The average molecular weight is 241 g/mol. The van der Waals surface area contributed by atoms with Crippen LogP contribution in [-0.2, 0) is 6.42 Å². The minimum atomic E-state index is -0.566. The summed E-state index contributed by atoms with van der Waals surface area (Å²) in [5.74, 6) is 0. The maximum Gasteiger partial charge on any atom is 0.104 e. The van der Waals surface area contributed by atoms with E-state index in [9.17, 15) is 5.11 Å². The van der Waals surface area contributed by atoms with E-state index in [1.807, 2.05) is 55.5 Å². The predicted molar refractivity (Wildman–Crippen MR) is 74.4 cm³/mol. The topological polar surface area (TPSA) is 46.2 Å². The summed E-state index contributed by atoms with van der Waals surface area (Å²) in [7, 11) is 0. The molecule has 2 aromatic carbocycles. The van der Waals surface area contributed by atoms with Gasteiger partial charge in [-0.05, 0) is 36.6 Å². The molecule has 0 spiro atoms. The second-order valence-corrected chi connectivity index (χ2v) is 4.60. The lowest BCUT2D eigenvalue weighted by molar-refractivity contribution is 0.220. The molecule has 0 aromatic heterocycles. The molecule has 0 saturated heterocycles. The van der Waals surface area contributed by atoms with Crippen LogP contribution in [0.5, 0.6) is 0 Å². The summed E-state index contributed by atoms with van der Waals surface area (Å²) >= 11 is 0. The van der Waals surface area contributed by atoms with E-state index in [1.54, 1.807) is 0 Å². The highest BCUT2D eigenvalue weighted by Crippen LogP contribution is 2.23. The van der Waals surface area contributed by atoms with Crippen LogP contribution in [0.2, 0.25) is 0 Å². The highest BCUT2D eigenvalue weighted by Gasteiger charge is 2.10. The molecule has 2 rings (SSSR count). The van der Waals surface area contributed by atoms with Gasteiger partial charge >= 0.3 is 0 Å². The Bertz CT molecular complexity index is 505. The third-order valence-electron chi connectivity index (χ3n) is 3.09. The highest BCUT2D eigenvalue weighted by atomic mass is 16.3. The van der Waals surface area contributed by atoms with Crippen LogP contribution in [0.4, 0.5) is 0 Å². The molecule has 1 atom stereocenters. The van der Waals surface area contributed by atoms with E-state index in [2.05, 4.69) is 0 Å². The molecule has 3 N–H and O–H groups in total. The zero-order chi connectivity index (χ0) is 13.0. The Kier molecular flexibility index (Phi) is 4.13. The first-order valence-corrected chi connectivity index (χ1v) is 6.24. The summed E-state index contributed by atoms with van der Waals surface area (Å²) in [6.45, 7) is 2.67. The predicted octanol–water partition coefficient (Wildman–Crippen LogP) is 2.58. The lowest BCUT2D eigenvalue weighted by atomic mass is 9.98. The number of hydrogen-bond donors (Lipinski definition) is 2. The van der Waals surface area contributed by atoms with Crippen LogP contribution in [0.25, 0.3) is 0 Å². The number of aliphatic hydroxyl groups excluding tert-OH is 1. The van der Waals surface area contributed by atoms with Crippen molar-refractivity contribution in [3.05, 3.63) is 70.8 Å². The number of rotatable bonds is 4. The SMILES string of the molecule is Cc1ccc(C(O)c2cccc(CCN)c2)cc1. The van der Waals surface area contributed by atoms with Crippen molar-refractivity contribution < 1.29 is 5.11 Å². The van der Waals surface area contributed by atoms with Crippen molar-refractivity contribution >= 4 is 0 Å². The standard InChI is InChI=1S/C16H19NO/c1-12-5-7-14(8-6-12)16(18)15-4-2-3-13(11-15)9-10-17/h2-8,11,16,18H,9-10,17H2,1H3. The Balaban J connectivity index is 2.24. The molecule has 94 valence electrons. The van der Waals surface area contributed by atoms with Crippen LogP contribution in [0.1, 0.15) is 28.4 Å². The lowest BCUT2D eigenvalue weighted by Crippen LogP contribution is -2.04. The largest absolute Gasteiger partial charge is 0.384 e. The van der Waals surface area contributed by atoms with Gasteiger partial charge in [-0.1, -0.05) is 54.1 Å². The zero-order valence-electron chi connectivity index (χ0n) is 10.6. The van der Waals surface area contributed by atoms with Gasteiger partial charge < -0.3 is 10.8 Å². The molecule has 2 heteroatoms. The monoisotopic (exact) mass is 241 g/mol. The van der Waals surface area contributed by atoms with E-state index in [-0.39, 0.29) is 0 Å². The van der Waals surface area contributed by atoms with Gasteiger partial charge in [-0.25, -0.2) is 0 Å². The highest BCUT2D eigenvalue weighted by molar-refractivity contribution is 5.33. The molecular weight excluding hydrogens is 222 g/mol. The quantitative estimate of drug-likeness (QED) is 0.864. The number of benzene rings is 2. The Labute approximate surface area is 108 Å². The van der Waals surface area contributed by atoms with E-state index >= 15 is 0 Å².